The fraction of sp³-hybridized carbons (Fsp3) is 0.235. The summed E-state index contributed by atoms with van der Waals surface area (Å²) in [5, 5.41) is 2.57. The summed E-state index contributed by atoms with van der Waals surface area (Å²) in [6.07, 6.45) is -0.744. The van der Waals surface area contributed by atoms with Crippen LogP contribution in [-0.4, -0.2) is 16.4 Å². The Hall–Kier alpha value is -1.76. The van der Waals surface area contributed by atoms with Crippen molar-refractivity contribution >= 4 is 27.2 Å². The van der Waals surface area contributed by atoms with Gasteiger partial charge in [0.05, 0.1) is 10.4 Å². The third-order valence-electron chi connectivity index (χ3n) is 3.46. The van der Waals surface area contributed by atoms with E-state index in [1.54, 1.807) is 13.0 Å². The zero-order valence-corrected chi connectivity index (χ0v) is 14.6. The molecule has 24 heavy (non-hydrogen) atoms. The molecule has 2 unspecified atom stereocenters. The van der Waals surface area contributed by atoms with Crippen LogP contribution < -0.4 is 5.32 Å². The summed E-state index contributed by atoms with van der Waals surface area (Å²) in [6, 6.07) is 15.1. The van der Waals surface area contributed by atoms with Crippen molar-refractivity contribution < 1.29 is 18.5 Å². The number of hydrogen-bond acceptors (Lipinski definition) is 3. The summed E-state index contributed by atoms with van der Waals surface area (Å²) >= 11 is 0. The zero-order chi connectivity index (χ0) is 17.6. The molecule has 2 rings (SSSR count). The molecule has 7 heteroatoms. The molecule has 1 N–H and O–H groups in total. The molecule has 0 aromatic heterocycles. The van der Waals surface area contributed by atoms with Gasteiger partial charge < -0.3 is 14.6 Å². The Morgan fingerprint density at radius 2 is 1.88 bits per heavy atom. The van der Waals surface area contributed by atoms with Gasteiger partial charge in [-0.15, -0.1) is 0 Å². The van der Waals surface area contributed by atoms with Crippen LogP contribution in [0.15, 0.2) is 54.6 Å². The minimum atomic E-state index is -1.76. The maximum absolute atomic E-state index is 14.1. The van der Waals surface area contributed by atoms with E-state index in [-0.39, 0.29) is 17.9 Å². The van der Waals surface area contributed by atoms with Gasteiger partial charge in [-0.1, -0.05) is 48.5 Å². The van der Waals surface area contributed by atoms with Gasteiger partial charge in [-0.2, -0.15) is 0 Å². The lowest BCUT2D eigenvalue weighted by Gasteiger charge is -2.29. The number of nitrogens with one attached hydrogen (secondary N) is 1. The summed E-state index contributed by atoms with van der Waals surface area (Å²) in [4.78, 5) is 12.1. The molecule has 0 bridgehead atoms. The van der Waals surface area contributed by atoms with E-state index in [1.165, 1.54) is 18.2 Å². The monoisotopic (exact) mass is 369 g/mol. The molecule has 0 aliphatic carbocycles. The SMILES string of the molecule is CC(C[S+]([O-])Cl)(NC(=O)OCc1ccccc1)c1ccccc1F. The highest BCUT2D eigenvalue weighted by Crippen LogP contribution is 2.27. The van der Waals surface area contributed by atoms with E-state index < -0.39 is 27.8 Å². The third kappa shape index (κ3) is 5.12. The van der Waals surface area contributed by atoms with E-state index in [1.807, 2.05) is 30.3 Å². The predicted octanol–water partition coefficient (Wildman–Crippen LogP) is 3.87. The number of carbonyl (C=O) groups is 1. The molecular formula is C17H17ClFNO3S. The van der Waals surface area contributed by atoms with Crippen molar-refractivity contribution in [1.82, 2.24) is 5.32 Å². The van der Waals surface area contributed by atoms with E-state index in [9.17, 15) is 13.7 Å². The zero-order valence-electron chi connectivity index (χ0n) is 13.0. The third-order valence-corrected chi connectivity index (χ3v) is 4.59. The van der Waals surface area contributed by atoms with Gasteiger partial charge in [0.25, 0.3) is 0 Å². The predicted molar refractivity (Wildman–Crippen MR) is 92.4 cm³/mol. The second-order valence-corrected chi connectivity index (χ2v) is 7.33. The van der Waals surface area contributed by atoms with Gasteiger partial charge in [0.2, 0.25) is 0 Å². The van der Waals surface area contributed by atoms with Crippen molar-refractivity contribution in [2.24, 2.45) is 0 Å². The number of amides is 1. The Balaban J connectivity index is 2.11. The molecule has 0 aliphatic rings. The van der Waals surface area contributed by atoms with E-state index >= 15 is 0 Å². The van der Waals surface area contributed by atoms with E-state index in [0.29, 0.717) is 0 Å². The lowest BCUT2D eigenvalue weighted by molar-refractivity contribution is 0.129. The molecule has 2 atom stereocenters. The second-order valence-electron chi connectivity index (χ2n) is 5.43. The summed E-state index contributed by atoms with van der Waals surface area (Å²) in [7, 11) is 3.81. The van der Waals surface area contributed by atoms with Crippen LogP contribution >= 0.6 is 10.7 Å². The fourth-order valence-electron chi connectivity index (χ4n) is 2.30. The average Bonchev–Trinajstić information content (AvgIpc) is 2.53. The smallest absolute Gasteiger partial charge is 0.408 e. The van der Waals surface area contributed by atoms with E-state index in [0.717, 1.165) is 5.56 Å². The fourth-order valence-corrected chi connectivity index (χ4v) is 3.64. The van der Waals surface area contributed by atoms with Gasteiger partial charge in [-0.05, 0) is 18.6 Å². The Morgan fingerprint density at radius 1 is 1.25 bits per heavy atom. The topological polar surface area (TPSA) is 61.4 Å². The summed E-state index contributed by atoms with van der Waals surface area (Å²) < 4.78 is 30.7. The molecule has 0 saturated carbocycles. The highest BCUT2D eigenvalue weighted by atomic mass is 35.7. The number of rotatable bonds is 6. The molecule has 128 valence electrons. The van der Waals surface area contributed by atoms with Gasteiger partial charge in [0, 0.05) is 5.56 Å². The van der Waals surface area contributed by atoms with Crippen LogP contribution in [0.3, 0.4) is 0 Å². The standard InChI is InChI=1S/C17H17ClFNO3S/c1-17(12-24(18)22,14-9-5-6-10-15(14)19)20-16(21)23-11-13-7-3-2-4-8-13/h2-10H,11-12H2,1H3,(H,20,21). The van der Waals surface area contributed by atoms with E-state index in [4.69, 9.17) is 15.4 Å². The van der Waals surface area contributed by atoms with Crippen LogP contribution in [0.25, 0.3) is 0 Å². The van der Waals surface area contributed by atoms with Crippen LogP contribution in [0.1, 0.15) is 18.1 Å². The lowest BCUT2D eigenvalue weighted by atomic mass is 9.94. The number of ether oxygens (including phenoxy) is 1. The Kier molecular flexibility index (Phi) is 6.48. The van der Waals surface area contributed by atoms with Gasteiger partial charge in [0.15, 0.2) is 16.4 Å². The lowest BCUT2D eigenvalue weighted by Crippen LogP contribution is -2.48. The number of benzene rings is 2. The summed E-state index contributed by atoms with van der Waals surface area (Å²) in [6.45, 7) is 1.62. The number of hydrogen-bond donors (Lipinski definition) is 1. The molecule has 2 aromatic rings. The van der Waals surface area contributed by atoms with Crippen molar-refractivity contribution in [2.75, 3.05) is 5.75 Å². The van der Waals surface area contributed by atoms with Crippen LogP contribution in [0.2, 0.25) is 0 Å². The first-order valence-corrected chi connectivity index (χ1v) is 9.34. The van der Waals surface area contributed by atoms with Crippen molar-refractivity contribution in [3.05, 3.63) is 71.5 Å². The Bertz CT molecular complexity index is 687. The van der Waals surface area contributed by atoms with Gasteiger partial charge >= 0.3 is 6.09 Å². The first-order chi connectivity index (χ1) is 11.4. The minimum absolute atomic E-state index is 0.0734. The van der Waals surface area contributed by atoms with Crippen LogP contribution in [0.4, 0.5) is 9.18 Å². The largest absolute Gasteiger partial charge is 0.599 e. The molecule has 1 amide bonds. The van der Waals surface area contributed by atoms with Crippen LogP contribution in [0, 0.1) is 5.82 Å². The average molecular weight is 370 g/mol. The summed E-state index contributed by atoms with van der Waals surface area (Å²) in [5.41, 5.74) is -0.247. The maximum atomic E-state index is 14.1. The first kappa shape index (κ1) is 18.6. The molecule has 0 spiro atoms. The van der Waals surface area contributed by atoms with Crippen molar-refractivity contribution in [3.63, 3.8) is 0 Å². The molecule has 0 saturated heterocycles. The van der Waals surface area contributed by atoms with Crippen LogP contribution in [0.5, 0.6) is 0 Å². The molecule has 0 radical (unpaired) electrons. The maximum Gasteiger partial charge on any atom is 0.408 e. The molecule has 0 aliphatic heterocycles. The van der Waals surface area contributed by atoms with Crippen molar-refractivity contribution in [3.8, 4) is 0 Å². The summed E-state index contributed by atoms with van der Waals surface area (Å²) in [5.74, 6) is -0.680. The Morgan fingerprint density at radius 3 is 2.50 bits per heavy atom. The van der Waals surface area contributed by atoms with Gasteiger partial charge in [-0.25, -0.2) is 9.18 Å². The molecule has 0 heterocycles. The van der Waals surface area contributed by atoms with E-state index in [2.05, 4.69) is 5.32 Å². The Labute approximate surface area is 147 Å². The number of alkyl carbamates (subject to hydrolysis) is 1. The minimum Gasteiger partial charge on any atom is -0.599 e. The highest BCUT2D eigenvalue weighted by molar-refractivity contribution is 8.13. The molecule has 2 aromatic carbocycles. The molecular weight excluding hydrogens is 353 g/mol. The number of carbonyl (C=O) groups excluding carboxylic acids is 1. The second kappa shape index (κ2) is 8.37. The quantitative estimate of drug-likeness (QED) is 0.786. The van der Waals surface area contributed by atoms with Gasteiger partial charge in [-0.3, -0.25) is 0 Å². The van der Waals surface area contributed by atoms with Crippen molar-refractivity contribution in [2.45, 2.75) is 19.1 Å². The van der Waals surface area contributed by atoms with Gasteiger partial charge in [0.1, 0.15) is 18.0 Å². The normalized spacial score (nSPS) is 14.5. The number of halogens is 2. The van der Waals surface area contributed by atoms with Crippen LogP contribution in [-0.2, 0) is 27.3 Å². The molecule has 0 fully saturated rings. The molecule has 4 nitrogen and oxygen atoms in total. The van der Waals surface area contributed by atoms with Crippen molar-refractivity contribution in [1.29, 1.82) is 0 Å². The first-order valence-electron chi connectivity index (χ1n) is 7.19. The highest BCUT2D eigenvalue weighted by Gasteiger charge is 2.36.